The van der Waals surface area contributed by atoms with E-state index < -0.39 is 17.5 Å². The van der Waals surface area contributed by atoms with Crippen molar-refractivity contribution >= 4 is 5.69 Å². The first-order valence-corrected chi connectivity index (χ1v) is 7.01. The molecular weight excluding hydrogens is 275 g/mol. The molecule has 0 aliphatic heterocycles. The molecule has 4 heteroatoms. The Balaban J connectivity index is 1.67. The number of hydrogen-bond acceptors (Lipinski definition) is 1. The Kier molecular flexibility index (Phi) is 3.62. The molecule has 110 valence electrons. The first kappa shape index (κ1) is 14.0. The summed E-state index contributed by atoms with van der Waals surface area (Å²) in [6.07, 6.45) is 1.64. The molecule has 0 radical (unpaired) electrons. The summed E-state index contributed by atoms with van der Waals surface area (Å²) in [5, 5.41) is 2.84. The van der Waals surface area contributed by atoms with Crippen molar-refractivity contribution in [2.24, 2.45) is 0 Å². The minimum absolute atomic E-state index is 0.0177. The lowest BCUT2D eigenvalue weighted by molar-refractivity contribution is 0.370. The van der Waals surface area contributed by atoms with Crippen LogP contribution in [-0.4, -0.2) is 6.04 Å². The van der Waals surface area contributed by atoms with E-state index in [0.29, 0.717) is 18.1 Å². The van der Waals surface area contributed by atoms with Crippen molar-refractivity contribution in [1.82, 2.24) is 0 Å². The summed E-state index contributed by atoms with van der Waals surface area (Å²) in [5.74, 6) is -2.25. The van der Waals surface area contributed by atoms with E-state index in [1.165, 1.54) is 11.1 Å². The van der Waals surface area contributed by atoms with Crippen LogP contribution in [0.15, 0.2) is 36.4 Å². The van der Waals surface area contributed by atoms with Crippen LogP contribution in [0.2, 0.25) is 0 Å². The summed E-state index contributed by atoms with van der Waals surface area (Å²) in [6.45, 7) is 2.06. The summed E-state index contributed by atoms with van der Waals surface area (Å²) in [6, 6.07) is 9.57. The van der Waals surface area contributed by atoms with Crippen molar-refractivity contribution in [1.29, 1.82) is 0 Å². The highest BCUT2D eigenvalue weighted by Gasteiger charge is 2.32. The van der Waals surface area contributed by atoms with Crippen LogP contribution in [0, 0.1) is 24.4 Å². The van der Waals surface area contributed by atoms with E-state index in [1.54, 1.807) is 0 Å². The maximum Gasteiger partial charge on any atom is 0.152 e. The first-order chi connectivity index (χ1) is 10.0. The molecule has 1 aliphatic carbocycles. The van der Waals surface area contributed by atoms with E-state index in [9.17, 15) is 13.2 Å². The molecule has 2 aromatic rings. The number of hydrogen-bond donors (Lipinski definition) is 1. The highest BCUT2D eigenvalue weighted by atomic mass is 19.1. The van der Waals surface area contributed by atoms with Crippen molar-refractivity contribution in [2.45, 2.75) is 31.7 Å². The van der Waals surface area contributed by atoms with Gasteiger partial charge in [0.1, 0.15) is 11.5 Å². The van der Waals surface area contributed by atoms with Crippen LogP contribution in [0.1, 0.15) is 29.9 Å². The van der Waals surface area contributed by atoms with E-state index in [2.05, 4.69) is 24.4 Å². The van der Waals surface area contributed by atoms with E-state index in [-0.39, 0.29) is 11.7 Å². The smallest absolute Gasteiger partial charge is 0.152 e. The second-order valence-corrected chi connectivity index (χ2v) is 5.61. The molecule has 1 saturated carbocycles. The van der Waals surface area contributed by atoms with Gasteiger partial charge in [-0.1, -0.05) is 24.3 Å². The number of halogens is 3. The van der Waals surface area contributed by atoms with Gasteiger partial charge in [-0.25, -0.2) is 13.2 Å². The number of anilines is 1. The Hall–Kier alpha value is -1.97. The highest BCUT2D eigenvalue weighted by molar-refractivity contribution is 5.48. The zero-order chi connectivity index (χ0) is 15.0. The average Bonchev–Trinajstić information content (AvgIpc) is 2.37. The molecule has 0 unspecified atom stereocenters. The lowest BCUT2D eigenvalue weighted by atomic mass is 9.74. The molecule has 1 fully saturated rings. The highest BCUT2D eigenvalue weighted by Crippen LogP contribution is 2.40. The van der Waals surface area contributed by atoms with Gasteiger partial charge in [-0.3, -0.25) is 0 Å². The van der Waals surface area contributed by atoms with E-state index in [4.69, 9.17) is 0 Å². The standard InChI is InChI=1S/C17H16F3N/c1-10-4-2-3-5-14(10)11-6-13(7-11)21-17-15(19)8-12(18)9-16(17)20/h2-5,8-9,11,13,21H,6-7H2,1H3. The number of aryl methyl sites for hydroxylation is 1. The first-order valence-electron chi connectivity index (χ1n) is 7.01. The van der Waals surface area contributed by atoms with Crippen LogP contribution in [0.3, 0.4) is 0 Å². The van der Waals surface area contributed by atoms with Gasteiger partial charge in [0.2, 0.25) is 0 Å². The number of rotatable bonds is 3. The molecule has 0 atom stereocenters. The molecule has 2 aromatic carbocycles. The van der Waals surface area contributed by atoms with Gasteiger partial charge < -0.3 is 5.32 Å². The Morgan fingerprint density at radius 2 is 1.62 bits per heavy atom. The monoisotopic (exact) mass is 291 g/mol. The zero-order valence-corrected chi connectivity index (χ0v) is 11.7. The van der Waals surface area contributed by atoms with Crippen molar-refractivity contribution in [2.75, 3.05) is 5.32 Å². The fourth-order valence-corrected chi connectivity index (χ4v) is 2.92. The van der Waals surface area contributed by atoms with Crippen molar-refractivity contribution < 1.29 is 13.2 Å². The molecule has 0 saturated heterocycles. The van der Waals surface area contributed by atoms with Crippen molar-refractivity contribution in [3.05, 3.63) is 65.0 Å². The molecule has 1 N–H and O–H groups in total. The van der Waals surface area contributed by atoms with Crippen molar-refractivity contribution in [3.63, 3.8) is 0 Å². The molecule has 1 nitrogen and oxygen atoms in total. The second kappa shape index (κ2) is 5.43. The maximum absolute atomic E-state index is 13.6. The molecule has 0 heterocycles. The third-order valence-electron chi connectivity index (χ3n) is 4.12. The van der Waals surface area contributed by atoms with Gasteiger partial charge in [0.15, 0.2) is 11.6 Å². The molecule has 3 rings (SSSR count). The number of nitrogens with one attached hydrogen (secondary N) is 1. The van der Waals surface area contributed by atoms with Crippen LogP contribution in [0.5, 0.6) is 0 Å². The molecule has 1 aliphatic rings. The topological polar surface area (TPSA) is 12.0 Å². The maximum atomic E-state index is 13.6. The molecule has 0 spiro atoms. The predicted molar refractivity (Wildman–Crippen MR) is 76.9 cm³/mol. The quantitative estimate of drug-likeness (QED) is 0.859. The van der Waals surface area contributed by atoms with Gasteiger partial charge in [0, 0.05) is 18.2 Å². The Morgan fingerprint density at radius 3 is 2.24 bits per heavy atom. The Morgan fingerprint density at radius 1 is 1.00 bits per heavy atom. The van der Waals surface area contributed by atoms with Gasteiger partial charge in [-0.2, -0.15) is 0 Å². The summed E-state index contributed by atoms with van der Waals surface area (Å²) in [4.78, 5) is 0. The van der Waals surface area contributed by atoms with E-state index in [1.807, 2.05) is 12.1 Å². The Labute approximate surface area is 121 Å². The third kappa shape index (κ3) is 2.75. The van der Waals surface area contributed by atoms with Crippen molar-refractivity contribution in [3.8, 4) is 0 Å². The van der Waals surface area contributed by atoms with Crippen LogP contribution >= 0.6 is 0 Å². The molecule has 0 aromatic heterocycles. The minimum atomic E-state index is -0.901. The van der Waals surface area contributed by atoms with Crippen LogP contribution in [0.4, 0.5) is 18.9 Å². The van der Waals surface area contributed by atoms with Crippen LogP contribution < -0.4 is 5.32 Å². The summed E-state index contributed by atoms with van der Waals surface area (Å²) in [7, 11) is 0. The molecule has 0 bridgehead atoms. The second-order valence-electron chi connectivity index (χ2n) is 5.61. The van der Waals surface area contributed by atoms with Gasteiger partial charge in [0.05, 0.1) is 0 Å². The third-order valence-corrected chi connectivity index (χ3v) is 4.12. The van der Waals surface area contributed by atoms with Gasteiger partial charge in [-0.05, 0) is 36.8 Å². The fourth-order valence-electron chi connectivity index (χ4n) is 2.92. The van der Waals surface area contributed by atoms with Gasteiger partial charge >= 0.3 is 0 Å². The number of benzene rings is 2. The summed E-state index contributed by atoms with van der Waals surface area (Å²) < 4.78 is 40.0. The molecule has 0 amide bonds. The van der Waals surface area contributed by atoms with Gasteiger partial charge in [-0.15, -0.1) is 0 Å². The summed E-state index contributed by atoms with van der Waals surface area (Å²) in [5.41, 5.74) is 2.29. The van der Waals surface area contributed by atoms with Gasteiger partial charge in [0.25, 0.3) is 0 Å². The average molecular weight is 291 g/mol. The van der Waals surface area contributed by atoms with E-state index >= 15 is 0 Å². The molecule has 21 heavy (non-hydrogen) atoms. The lowest BCUT2D eigenvalue weighted by Gasteiger charge is -2.37. The normalized spacial score (nSPS) is 21.0. The van der Waals surface area contributed by atoms with Crippen LogP contribution in [-0.2, 0) is 0 Å². The predicted octanol–water partition coefficient (Wildman–Crippen LogP) is 4.77. The minimum Gasteiger partial charge on any atom is -0.378 e. The Bertz CT molecular complexity index is 640. The lowest BCUT2D eigenvalue weighted by Crippen LogP contribution is -2.35. The SMILES string of the molecule is Cc1ccccc1C1CC(Nc2c(F)cc(F)cc2F)C1. The fraction of sp³-hybridized carbons (Fsp3) is 0.294. The largest absolute Gasteiger partial charge is 0.378 e. The zero-order valence-electron chi connectivity index (χ0n) is 11.7. The van der Waals surface area contributed by atoms with E-state index in [0.717, 1.165) is 12.8 Å². The molecular formula is C17H16F3N. The summed E-state index contributed by atoms with van der Waals surface area (Å²) >= 11 is 0. The van der Waals surface area contributed by atoms with Crippen LogP contribution in [0.25, 0.3) is 0 Å².